The van der Waals surface area contributed by atoms with Crippen LogP contribution in [0, 0.1) is 0 Å². The SMILES string of the molecule is NCCNC(=O)C1N(C(=O)c2ccc(Cl)c(Cl)c2)CCN1C(=O)c1ccc2c(c1)OCO2. The highest BCUT2D eigenvalue weighted by molar-refractivity contribution is 6.42. The van der Waals surface area contributed by atoms with E-state index < -0.39 is 23.9 Å². The van der Waals surface area contributed by atoms with Gasteiger partial charge in [-0.05, 0) is 36.4 Å². The predicted octanol–water partition coefficient (Wildman–Crippen LogP) is 1.72. The smallest absolute Gasteiger partial charge is 0.263 e. The number of amides is 3. The lowest BCUT2D eigenvalue weighted by Gasteiger charge is -2.29. The molecule has 3 amide bonds. The minimum absolute atomic E-state index is 0.0761. The topological polar surface area (TPSA) is 114 Å². The largest absolute Gasteiger partial charge is 0.454 e. The van der Waals surface area contributed by atoms with Gasteiger partial charge in [0.15, 0.2) is 17.7 Å². The van der Waals surface area contributed by atoms with Crippen LogP contribution in [0.1, 0.15) is 20.7 Å². The van der Waals surface area contributed by atoms with Crippen LogP contribution in [0.2, 0.25) is 10.0 Å². The molecule has 11 heteroatoms. The third-order valence-electron chi connectivity index (χ3n) is 5.16. The van der Waals surface area contributed by atoms with Crippen molar-refractivity contribution < 1.29 is 23.9 Å². The summed E-state index contributed by atoms with van der Waals surface area (Å²) >= 11 is 12.0. The number of nitrogens with zero attached hydrogens (tertiary/aromatic N) is 2. The number of hydrogen-bond acceptors (Lipinski definition) is 6. The zero-order valence-electron chi connectivity index (χ0n) is 16.8. The Balaban J connectivity index is 1.63. The van der Waals surface area contributed by atoms with Gasteiger partial charge in [-0.2, -0.15) is 0 Å². The van der Waals surface area contributed by atoms with E-state index >= 15 is 0 Å². The molecule has 2 aromatic rings. The van der Waals surface area contributed by atoms with Gasteiger partial charge >= 0.3 is 0 Å². The van der Waals surface area contributed by atoms with E-state index in [1.165, 1.54) is 28.0 Å². The first kappa shape index (κ1) is 22.2. The fraction of sp³-hybridized carbons (Fsp3) is 0.286. The summed E-state index contributed by atoms with van der Waals surface area (Å²) in [5.74, 6) is -0.381. The molecule has 0 saturated carbocycles. The quantitative estimate of drug-likeness (QED) is 0.675. The molecule has 0 bridgehead atoms. The summed E-state index contributed by atoms with van der Waals surface area (Å²) in [6, 6.07) is 9.24. The van der Waals surface area contributed by atoms with E-state index in [0.717, 1.165) is 0 Å². The summed E-state index contributed by atoms with van der Waals surface area (Å²) in [6.07, 6.45) is -1.15. The summed E-state index contributed by atoms with van der Waals surface area (Å²) in [6.45, 7) is 0.829. The van der Waals surface area contributed by atoms with Crippen molar-refractivity contribution in [2.75, 3.05) is 33.0 Å². The van der Waals surface area contributed by atoms with Crippen LogP contribution in [-0.2, 0) is 4.79 Å². The Kier molecular flexibility index (Phi) is 6.40. The molecule has 32 heavy (non-hydrogen) atoms. The van der Waals surface area contributed by atoms with E-state index in [2.05, 4.69) is 5.32 Å². The minimum atomic E-state index is -1.15. The first-order valence-corrected chi connectivity index (χ1v) is 10.6. The third-order valence-corrected chi connectivity index (χ3v) is 5.90. The fourth-order valence-corrected chi connectivity index (χ4v) is 3.91. The van der Waals surface area contributed by atoms with Gasteiger partial charge < -0.3 is 30.3 Å². The van der Waals surface area contributed by atoms with Gasteiger partial charge in [0.25, 0.3) is 17.7 Å². The molecular formula is C21H20Cl2N4O5. The highest BCUT2D eigenvalue weighted by atomic mass is 35.5. The van der Waals surface area contributed by atoms with Gasteiger partial charge in [0, 0.05) is 37.3 Å². The summed E-state index contributed by atoms with van der Waals surface area (Å²) in [5, 5.41) is 3.19. The second-order valence-electron chi connectivity index (χ2n) is 7.15. The monoisotopic (exact) mass is 478 g/mol. The van der Waals surface area contributed by atoms with Gasteiger partial charge in [0.05, 0.1) is 10.0 Å². The fourth-order valence-electron chi connectivity index (χ4n) is 3.61. The highest BCUT2D eigenvalue weighted by Gasteiger charge is 2.43. The Bertz CT molecular complexity index is 1080. The van der Waals surface area contributed by atoms with Crippen LogP contribution < -0.4 is 20.5 Å². The second-order valence-corrected chi connectivity index (χ2v) is 7.96. The molecule has 9 nitrogen and oxygen atoms in total. The Labute approximate surface area is 193 Å². The number of rotatable bonds is 5. The van der Waals surface area contributed by atoms with E-state index in [1.54, 1.807) is 18.2 Å². The number of nitrogens with two attached hydrogens (primary N) is 1. The molecule has 0 aliphatic carbocycles. The Morgan fingerprint density at radius 1 is 0.938 bits per heavy atom. The van der Waals surface area contributed by atoms with Gasteiger partial charge in [0.2, 0.25) is 6.79 Å². The molecule has 3 N–H and O–H groups in total. The number of fused-ring (bicyclic) bond motifs is 1. The predicted molar refractivity (Wildman–Crippen MR) is 117 cm³/mol. The van der Waals surface area contributed by atoms with E-state index in [1.807, 2.05) is 0 Å². The summed E-state index contributed by atoms with van der Waals surface area (Å²) < 4.78 is 10.6. The van der Waals surface area contributed by atoms with E-state index in [9.17, 15) is 14.4 Å². The first-order chi connectivity index (χ1) is 15.4. The number of carbonyl (C=O) groups excluding carboxylic acids is 3. The number of halogens is 2. The first-order valence-electron chi connectivity index (χ1n) is 9.85. The molecule has 168 valence electrons. The Morgan fingerprint density at radius 3 is 2.22 bits per heavy atom. The maximum atomic E-state index is 13.3. The lowest BCUT2D eigenvalue weighted by molar-refractivity contribution is -0.128. The molecule has 2 aliphatic rings. The maximum Gasteiger partial charge on any atom is 0.263 e. The van der Waals surface area contributed by atoms with Crippen molar-refractivity contribution in [3.05, 3.63) is 57.6 Å². The van der Waals surface area contributed by atoms with Crippen molar-refractivity contribution in [3.63, 3.8) is 0 Å². The standard InChI is InChI=1S/C21H20Cl2N4O5/c22-14-3-1-12(9-15(14)23)20(29)26-7-8-27(19(26)18(28)25-6-5-24)21(30)13-2-4-16-17(10-13)32-11-31-16/h1-4,9-10,19H,5-8,11,24H2,(H,25,28). The molecule has 0 radical (unpaired) electrons. The molecule has 4 rings (SSSR count). The molecule has 2 heterocycles. The second kappa shape index (κ2) is 9.23. The van der Waals surface area contributed by atoms with Crippen molar-refractivity contribution in [3.8, 4) is 11.5 Å². The maximum absolute atomic E-state index is 13.3. The van der Waals surface area contributed by atoms with Crippen LogP contribution >= 0.6 is 23.2 Å². The third kappa shape index (κ3) is 4.19. The van der Waals surface area contributed by atoms with Crippen molar-refractivity contribution in [1.82, 2.24) is 15.1 Å². The summed E-state index contributed by atoms with van der Waals surface area (Å²) in [5.41, 5.74) is 6.07. The van der Waals surface area contributed by atoms with Crippen molar-refractivity contribution in [2.45, 2.75) is 6.17 Å². The van der Waals surface area contributed by atoms with Crippen LogP contribution in [0.4, 0.5) is 0 Å². The zero-order valence-corrected chi connectivity index (χ0v) is 18.4. The number of ether oxygens (including phenoxy) is 2. The molecule has 2 aromatic carbocycles. The summed E-state index contributed by atoms with van der Waals surface area (Å²) in [7, 11) is 0. The zero-order chi connectivity index (χ0) is 22.8. The van der Waals surface area contributed by atoms with E-state index in [4.69, 9.17) is 38.4 Å². The highest BCUT2D eigenvalue weighted by Crippen LogP contribution is 2.33. The summed E-state index contributed by atoms with van der Waals surface area (Å²) in [4.78, 5) is 42.1. The van der Waals surface area contributed by atoms with Crippen LogP contribution in [0.15, 0.2) is 36.4 Å². The van der Waals surface area contributed by atoms with Gasteiger partial charge in [-0.1, -0.05) is 23.2 Å². The van der Waals surface area contributed by atoms with Gasteiger partial charge in [0.1, 0.15) is 0 Å². The molecule has 1 atom stereocenters. The Hall–Kier alpha value is -3.01. The number of benzene rings is 2. The minimum Gasteiger partial charge on any atom is -0.454 e. The number of nitrogens with one attached hydrogen (secondary N) is 1. The molecule has 1 fully saturated rings. The van der Waals surface area contributed by atoms with Crippen molar-refractivity contribution in [1.29, 1.82) is 0 Å². The average Bonchev–Trinajstić information content (AvgIpc) is 3.45. The van der Waals surface area contributed by atoms with Crippen molar-refractivity contribution in [2.24, 2.45) is 5.73 Å². The van der Waals surface area contributed by atoms with Crippen LogP contribution in [0.3, 0.4) is 0 Å². The lowest BCUT2D eigenvalue weighted by Crippen LogP contribution is -2.54. The van der Waals surface area contributed by atoms with Gasteiger partial charge in [-0.3, -0.25) is 14.4 Å². The molecular weight excluding hydrogens is 459 g/mol. The molecule has 0 aromatic heterocycles. The molecule has 1 unspecified atom stereocenters. The molecule has 0 spiro atoms. The lowest BCUT2D eigenvalue weighted by atomic mass is 10.1. The molecule has 1 saturated heterocycles. The number of hydrogen-bond donors (Lipinski definition) is 2. The van der Waals surface area contributed by atoms with Crippen LogP contribution in [-0.4, -0.2) is 66.7 Å². The molecule has 2 aliphatic heterocycles. The Morgan fingerprint density at radius 2 is 1.56 bits per heavy atom. The normalized spacial score (nSPS) is 16.9. The van der Waals surface area contributed by atoms with Gasteiger partial charge in [-0.25, -0.2) is 0 Å². The van der Waals surface area contributed by atoms with Gasteiger partial charge in [-0.15, -0.1) is 0 Å². The van der Waals surface area contributed by atoms with Crippen LogP contribution in [0.5, 0.6) is 11.5 Å². The van der Waals surface area contributed by atoms with Crippen LogP contribution in [0.25, 0.3) is 0 Å². The number of carbonyl (C=O) groups is 3. The van der Waals surface area contributed by atoms with E-state index in [-0.39, 0.29) is 43.6 Å². The van der Waals surface area contributed by atoms with E-state index in [0.29, 0.717) is 22.1 Å². The average molecular weight is 479 g/mol. The van der Waals surface area contributed by atoms with Crippen molar-refractivity contribution >= 4 is 40.9 Å².